The fraction of sp³-hybridized carbons (Fsp3) is 0.308. The number of piperazine rings is 2. The topological polar surface area (TPSA) is 68.2 Å². The van der Waals surface area contributed by atoms with Crippen LogP contribution < -0.4 is 14.5 Å². The summed E-state index contributed by atoms with van der Waals surface area (Å²) in [6.07, 6.45) is -0.940. The summed E-state index contributed by atoms with van der Waals surface area (Å²) in [5.74, 6) is 0.210. The molecule has 2 saturated heterocycles. The lowest BCUT2D eigenvalue weighted by Gasteiger charge is -2.34. The minimum absolute atomic E-state index is 0.256. The number of fused-ring (bicyclic) bond motifs is 2. The Bertz CT molecular complexity index is 2700. The number of aromatic nitrogens is 2. The molecule has 0 bridgehead atoms. The maximum atomic E-state index is 13.9. The molecular formula is C52H55ClF2N6O2. The molecule has 2 aliphatic heterocycles. The third kappa shape index (κ3) is 9.80. The van der Waals surface area contributed by atoms with E-state index < -0.39 is 6.10 Å². The molecule has 4 heterocycles. The third-order valence-electron chi connectivity index (χ3n) is 12.3. The average Bonchev–Trinajstić information content (AvgIpc) is 3.27. The van der Waals surface area contributed by atoms with Crippen LogP contribution in [0, 0.1) is 25.5 Å². The molecule has 2 fully saturated rings. The van der Waals surface area contributed by atoms with Crippen LogP contribution in [-0.2, 0) is 0 Å². The number of halogens is 3. The molecule has 0 saturated carbocycles. The van der Waals surface area contributed by atoms with Crippen molar-refractivity contribution in [2.75, 3.05) is 76.3 Å². The smallest absolute Gasteiger partial charge is 0.123 e. The molecule has 0 spiro atoms. The van der Waals surface area contributed by atoms with Gasteiger partial charge < -0.3 is 29.4 Å². The second-order valence-electron chi connectivity index (χ2n) is 16.9. The van der Waals surface area contributed by atoms with Crippen LogP contribution in [0.4, 0.5) is 20.2 Å². The first-order chi connectivity index (χ1) is 30.3. The standard InChI is InChI=1S/C29H29ClFN3O.C23H26FN3O/c1-19-28(20(2)35-25-11-6-22(30)7-12-25)29(21-4-8-23(31)9-5-21)26-18-24(10-13-27(26)32-19)34-16-14-33(3)15-17-34;1-15-22(16(2)28)23(17-4-6-18(24)7-5-17)20-14-19(8-9-21(20)25-15)27-12-10-26(3)11-13-27/h4-13,18,20H,14-17H2,1-3H3;4-9,14,16,28H,10-13H2,1-3H3. The number of pyridine rings is 2. The molecule has 2 atom stereocenters. The lowest BCUT2D eigenvalue weighted by molar-refractivity contribution is 0.199. The van der Waals surface area contributed by atoms with Gasteiger partial charge in [0.15, 0.2) is 0 Å². The molecule has 63 heavy (non-hydrogen) atoms. The number of aliphatic hydroxyl groups is 1. The van der Waals surface area contributed by atoms with E-state index in [-0.39, 0.29) is 17.7 Å². The van der Waals surface area contributed by atoms with Crippen molar-refractivity contribution in [2.24, 2.45) is 0 Å². The number of benzene rings is 5. The summed E-state index contributed by atoms with van der Waals surface area (Å²) in [6.45, 7) is 15.8. The van der Waals surface area contributed by atoms with Gasteiger partial charge in [0.1, 0.15) is 23.5 Å². The Labute approximate surface area is 374 Å². The summed E-state index contributed by atoms with van der Waals surface area (Å²) in [4.78, 5) is 19.2. The van der Waals surface area contributed by atoms with Crippen LogP contribution in [0.1, 0.15) is 48.6 Å². The number of anilines is 2. The van der Waals surface area contributed by atoms with Crippen molar-refractivity contribution in [3.63, 3.8) is 0 Å². The van der Waals surface area contributed by atoms with Crippen molar-refractivity contribution in [1.82, 2.24) is 19.8 Å². The molecule has 2 aromatic heterocycles. The highest BCUT2D eigenvalue weighted by Gasteiger charge is 2.24. The summed E-state index contributed by atoms with van der Waals surface area (Å²) in [6, 6.07) is 33.4. The van der Waals surface area contributed by atoms with Gasteiger partial charge in [0.25, 0.3) is 0 Å². The first-order valence-corrected chi connectivity index (χ1v) is 22.1. The van der Waals surface area contributed by atoms with E-state index in [0.717, 1.165) is 130 Å². The molecule has 11 heteroatoms. The Balaban J connectivity index is 0.000000177. The Hall–Kier alpha value is -5.65. The van der Waals surface area contributed by atoms with Crippen molar-refractivity contribution in [1.29, 1.82) is 0 Å². The molecule has 2 unspecified atom stereocenters. The van der Waals surface area contributed by atoms with Gasteiger partial charge >= 0.3 is 0 Å². The number of rotatable bonds is 8. The Morgan fingerprint density at radius 1 is 0.571 bits per heavy atom. The molecule has 8 nitrogen and oxygen atoms in total. The van der Waals surface area contributed by atoms with Crippen LogP contribution in [0.5, 0.6) is 5.75 Å². The second kappa shape index (κ2) is 19.0. The molecule has 9 rings (SSSR count). The van der Waals surface area contributed by atoms with Crippen LogP contribution in [0.15, 0.2) is 109 Å². The first-order valence-electron chi connectivity index (χ1n) is 21.7. The van der Waals surface area contributed by atoms with E-state index in [1.807, 2.05) is 57.2 Å². The fourth-order valence-corrected chi connectivity index (χ4v) is 9.07. The lowest BCUT2D eigenvalue weighted by Crippen LogP contribution is -2.44. The summed E-state index contributed by atoms with van der Waals surface area (Å²) in [7, 11) is 4.30. The van der Waals surface area contributed by atoms with Gasteiger partial charge in [-0.05, 0) is 149 Å². The van der Waals surface area contributed by atoms with Gasteiger partial charge in [-0.1, -0.05) is 35.9 Å². The number of ether oxygens (including phenoxy) is 1. The highest BCUT2D eigenvalue weighted by molar-refractivity contribution is 6.30. The molecule has 0 amide bonds. The minimum Gasteiger partial charge on any atom is -0.486 e. The number of nitrogens with zero attached hydrogens (tertiary/aromatic N) is 6. The zero-order chi connectivity index (χ0) is 44.4. The van der Waals surface area contributed by atoms with Crippen molar-refractivity contribution in [2.45, 2.75) is 39.9 Å². The maximum absolute atomic E-state index is 13.9. The molecule has 7 aromatic rings. The number of likely N-dealkylation sites (N-methyl/N-ethyl adjacent to an activating group) is 2. The minimum atomic E-state index is -0.663. The molecule has 326 valence electrons. The zero-order valence-corrected chi connectivity index (χ0v) is 37.6. The third-order valence-corrected chi connectivity index (χ3v) is 12.6. The normalized spacial score (nSPS) is 15.9. The van der Waals surface area contributed by atoms with Crippen LogP contribution in [0.3, 0.4) is 0 Å². The highest BCUT2D eigenvalue weighted by Crippen LogP contribution is 2.41. The van der Waals surface area contributed by atoms with Crippen LogP contribution in [0.2, 0.25) is 5.02 Å². The van der Waals surface area contributed by atoms with Gasteiger partial charge in [0.05, 0.1) is 17.1 Å². The second-order valence-corrected chi connectivity index (χ2v) is 17.3. The number of hydrogen-bond acceptors (Lipinski definition) is 8. The van der Waals surface area contributed by atoms with E-state index in [2.05, 4.69) is 70.1 Å². The van der Waals surface area contributed by atoms with Gasteiger partial charge in [-0.3, -0.25) is 9.97 Å². The molecule has 5 aromatic carbocycles. The summed E-state index contributed by atoms with van der Waals surface area (Å²) in [5, 5.41) is 13.2. The quantitative estimate of drug-likeness (QED) is 0.162. The largest absolute Gasteiger partial charge is 0.486 e. The van der Waals surface area contributed by atoms with Gasteiger partial charge in [-0.25, -0.2) is 8.78 Å². The Morgan fingerprint density at radius 2 is 0.984 bits per heavy atom. The van der Waals surface area contributed by atoms with E-state index in [1.54, 1.807) is 19.1 Å². The monoisotopic (exact) mass is 868 g/mol. The summed E-state index contributed by atoms with van der Waals surface area (Å²) >= 11 is 6.06. The summed E-state index contributed by atoms with van der Waals surface area (Å²) < 4.78 is 33.7. The van der Waals surface area contributed by atoms with E-state index >= 15 is 0 Å². The van der Waals surface area contributed by atoms with E-state index in [4.69, 9.17) is 26.3 Å². The van der Waals surface area contributed by atoms with Crippen molar-refractivity contribution in [3.8, 4) is 28.0 Å². The van der Waals surface area contributed by atoms with E-state index in [1.165, 1.54) is 30.0 Å². The maximum Gasteiger partial charge on any atom is 0.123 e. The van der Waals surface area contributed by atoms with E-state index in [9.17, 15) is 13.9 Å². The average molecular weight is 870 g/mol. The zero-order valence-electron chi connectivity index (χ0n) is 36.9. The number of hydrogen-bond donors (Lipinski definition) is 1. The van der Waals surface area contributed by atoms with Gasteiger partial charge in [-0.2, -0.15) is 0 Å². The Morgan fingerprint density at radius 3 is 1.41 bits per heavy atom. The number of aliphatic hydroxyl groups excluding tert-OH is 1. The summed E-state index contributed by atoms with van der Waals surface area (Å²) in [5.41, 5.74) is 11.4. The molecule has 2 aliphatic rings. The predicted molar refractivity (Wildman–Crippen MR) is 254 cm³/mol. The molecule has 0 aliphatic carbocycles. The van der Waals surface area contributed by atoms with Crippen molar-refractivity contribution < 1.29 is 18.6 Å². The van der Waals surface area contributed by atoms with Gasteiger partial charge in [-0.15, -0.1) is 0 Å². The van der Waals surface area contributed by atoms with Crippen molar-refractivity contribution in [3.05, 3.63) is 148 Å². The molecule has 1 N–H and O–H groups in total. The van der Waals surface area contributed by atoms with Crippen LogP contribution >= 0.6 is 11.6 Å². The molecular weight excluding hydrogens is 814 g/mol. The Kier molecular flexibility index (Phi) is 13.3. The molecule has 0 radical (unpaired) electrons. The lowest BCUT2D eigenvalue weighted by atomic mass is 9.91. The van der Waals surface area contributed by atoms with Gasteiger partial charge in [0.2, 0.25) is 0 Å². The van der Waals surface area contributed by atoms with Crippen molar-refractivity contribution >= 4 is 44.8 Å². The predicted octanol–water partition coefficient (Wildman–Crippen LogP) is 11.0. The fourth-order valence-electron chi connectivity index (χ4n) is 8.94. The highest BCUT2D eigenvalue weighted by atomic mass is 35.5. The SMILES string of the molecule is Cc1nc2ccc(N3CCN(C)CC3)cc2c(-c2ccc(F)cc2)c1C(C)O.Cc1nc2ccc(N3CCN(C)CC3)cc2c(-c2ccc(F)cc2)c1C(C)Oc1ccc(Cl)cc1. The van der Waals surface area contributed by atoms with E-state index in [0.29, 0.717) is 5.02 Å². The van der Waals surface area contributed by atoms with Crippen LogP contribution in [-0.4, -0.2) is 91.3 Å². The number of aryl methyl sites for hydroxylation is 2. The first kappa shape index (κ1) is 44.0. The van der Waals surface area contributed by atoms with Crippen LogP contribution in [0.25, 0.3) is 44.1 Å². The van der Waals surface area contributed by atoms with Gasteiger partial charge in [0, 0.05) is 102 Å².